The standard InChI is InChI=1S/C9H15NS/c1-5-8-6-11-7-10(8)9(2,3)4/h1,8H,6-7H2,2-4H3/t8-/m1/s1. The van der Waals surface area contributed by atoms with Crippen LogP contribution in [0.15, 0.2) is 0 Å². The lowest BCUT2D eigenvalue weighted by molar-refractivity contribution is 0.157. The van der Waals surface area contributed by atoms with Crippen LogP contribution in [0.3, 0.4) is 0 Å². The first kappa shape index (κ1) is 8.96. The second-order valence-electron chi connectivity index (χ2n) is 3.82. The summed E-state index contributed by atoms with van der Waals surface area (Å²) in [4.78, 5) is 2.37. The Kier molecular flexibility index (Phi) is 2.51. The monoisotopic (exact) mass is 169 g/mol. The zero-order chi connectivity index (χ0) is 8.48. The fourth-order valence-electron chi connectivity index (χ4n) is 1.24. The summed E-state index contributed by atoms with van der Waals surface area (Å²) in [5.74, 6) is 5.00. The van der Waals surface area contributed by atoms with Crippen molar-refractivity contribution in [3.63, 3.8) is 0 Å². The Balaban J connectivity index is 2.66. The molecule has 1 aliphatic rings. The lowest BCUT2D eigenvalue weighted by atomic mass is 10.1. The van der Waals surface area contributed by atoms with E-state index in [9.17, 15) is 0 Å². The van der Waals surface area contributed by atoms with Crippen molar-refractivity contribution in [1.82, 2.24) is 4.90 Å². The maximum Gasteiger partial charge on any atom is 0.0814 e. The van der Waals surface area contributed by atoms with Gasteiger partial charge in [0.1, 0.15) is 0 Å². The van der Waals surface area contributed by atoms with Gasteiger partial charge < -0.3 is 0 Å². The molecule has 1 fully saturated rings. The van der Waals surface area contributed by atoms with E-state index in [-0.39, 0.29) is 5.54 Å². The molecular weight excluding hydrogens is 154 g/mol. The number of rotatable bonds is 0. The quantitative estimate of drug-likeness (QED) is 0.509. The summed E-state index contributed by atoms with van der Waals surface area (Å²) in [6, 6.07) is 0.347. The van der Waals surface area contributed by atoms with E-state index in [2.05, 4.69) is 31.6 Å². The predicted molar refractivity (Wildman–Crippen MR) is 51.5 cm³/mol. The second kappa shape index (κ2) is 3.08. The van der Waals surface area contributed by atoms with Gasteiger partial charge in [0.05, 0.1) is 6.04 Å². The maximum atomic E-state index is 5.42. The van der Waals surface area contributed by atoms with E-state index in [1.54, 1.807) is 0 Å². The molecule has 2 heteroatoms. The molecule has 0 aromatic carbocycles. The molecule has 0 saturated carbocycles. The molecule has 0 aromatic rings. The van der Waals surface area contributed by atoms with Crippen LogP contribution in [0.5, 0.6) is 0 Å². The van der Waals surface area contributed by atoms with Gasteiger partial charge in [0.2, 0.25) is 0 Å². The molecule has 0 amide bonds. The Morgan fingerprint density at radius 2 is 2.18 bits per heavy atom. The largest absolute Gasteiger partial charge is 0.275 e. The summed E-state index contributed by atoms with van der Waals surface area (Å²) in [6.45, 7) is 6.63. The molecule has 0 aliphatic carbocycles. The number of hydrogen-bond donors (Lipinski definition) is 0. The fraction of sp³-hybridized carbons (Fsp3) is 0.778. The summed E-state index contributed by atoms with van der Waals surface area (Å²) in [6.07, 6.45) is 5.42. The van der Waals surface area contributed by atoms with Gasteiger partial charge in [-0.1, -0.05) is 5.92 Å². The van der Waals surface area contributed by atoms with Gasteiger partial charge in [-0.2, -0.15) is 0 Å². The molecular formula is C9H15NS. The Bertz CT molecular complexity index is 175. The van der Waals surface area contributed by atoms with Crippen molar-refractivity contribution < 1.29 is 0 Å². The van der Waals surface area contributed by atoms with Gasteiger partial charge in [-0.05, 0) is 20.8 Å². The van der Waals surface area contributed by atoms with E-state index in [4.69, 9.17) is 6.42 Å². The van der Waals surface area contributed by atoms with Gasteiger partial charge in [-0.25, -0.2) is 0 Å². The van der Waals surface area contributed by atoms with Gasteiger partial charge >= 0.3 is 0 Å². The Hall–Kier alpha value is -0.130. The fourth-order valence-corrected chi connectivity index (χ4v) is 2.61. The summed E-state index contributed by atoms with van der Waals surface area (Å²) < 4.78 is 0. The van der Waals surface area contributed by atoms with Crippen LogP contribution in [-0.2, 0) is 0 Å². The van der Waals surface area contributed by atoms with Gasteiger partial charge in [0.15, 0.2) is 0 Å². The topological polar surface area (TPSA) is 3.24 Å². The van der Waals surface area contributed by atoms with Crippen LogP contribution in [0.25, 0.3) is 0 Å². The van der Waals surface area contributed by atoms with Crippen molar-refractivity contribution in [1.29, 1.82) is 0 Å². The van der Waals surface area contributed by atoms with Gasteiger partial charge in [-0.15, -0.1) is 18.2 Å². The molecule has 1 rings (SSSR count). The molecule has 0 bridgehead atoms. The number of nitrogens with zero attached hydrogens (tertiary/aromatic N) is 1. The SMILES string of the molecule is C#C[C@@H]1CSCN1C(C)(C)C. The Morgan fingerprint density at radius 3 is 2.55 bits per heavy atom. The van der Waals surface area contributed by atoms with Crippen molar-refractivity contribution in [3.05, 3.63) is 0 Å². The normalized spacial score (nSPS) is 26.9. The van der Waals surface area contributed by atoms with E-state index in [1.165, 1.54) is 0 Å². The number of thioether (sulfide) groups is 1. The maximum absolute atomic E-state index is 5.42. The third-order valence-electron chi connectivity index (χ3n) is 1.94. The first-order chi connectivity index (χ1) is 5.05. The second-order valence-corrected chi connectivity index (χ2v) is 4.82. The minimum Gasteiger partial charge on any atom is -0.275 e. The summed E-state index contributed by atoms with van der Waals surface area (Å²) in [5.41, 5.74) is 0.223. The summed E-state index contributed by atoms with van der Waals surface area (Å²) in [7, 11) is 0. The van der Waals surface area contributed by atoms with Crippen molar-refractivity contribution in [2.24, 2.45) is 0 Å². The highest BCUT2D eigenvalue weighted by atomic mass is 32.2. The van der Waals surface area contributed by atoms with Crippen LogP contribution in [-0.4, -0.2) is 28.1 Å². The van der Waals surface area contributed by atoms with Crippen LogP contribution in [0.1, 0.15) is 20.8 Å². The van der Waals surface area contributed by atoms with Crippen molar-refractivity contribution >= 4 is 11.8 Å². The van der Waals surface area contributed by atoms with E-state index in [0.717, 1.165) is 11.6 Å². The Morgan fingerprint density at radius 1 is 1.55 bits per heavy atom. The molecule has 0 radical (unpaired) electrons. The number of terminal acetylenes is 1. The summed E-state index contributed by atoms with van der Waals surface area (Å²) in [5, 5.41) is 0. The highest BCUT2D eigenvalue weighted by Crippen LogP contribution is 2.27. The molecule has 62 valence electrons. The molecule has 1 saturated heterocycles. The molecule has 1 aliphatic heterocycles. The minimum absolute atomic E-state index is 0.223. The zero-order valence-corrected chi connectivity index (χ0v) is 8.24. The van der Waals surface area contributed by atoms with Crippen molar-refractivity contribution in [2.75, 3.05) is 11.6 Å². The highest BCUT2D eigenvalue weighted by Gasteiger charge is 2.31. The molecule has 1 heterocycles. The molecule has 0 aromatic heterocycles. The molecule has 0 spiro atoms. The van der Waals surface area contributed by atoms with E-state index in [1.807, 2.05) is 11.8 Å². The van der Waals surface area contributed by atoms with Gasteiger partial charge in [0, 0.05) is 17.2 Å². The zero-order valence-electron chi connectivity index (χ0n) is 7.42. The first-order valence-electron chi connectivity index (χ1n) is 3.86. The average molecular weight is 169 g/mol. The van der Waals surface area contributed by atoms with Crippen molar-refractivity contribution in [3.8, 4) is 12.3 Å². The van der Waals surface area contributed by atoms with Crippen LogP contribution < -0.4 is 0 Å². The van der Waals surface area contributed by atoms with E-state index >= 15 is 0 Å². The lowest BCUT2D eigenvalue weighted by Crippen LogP contribution is -2.44. The molecule has 1 atom stereocenters. The van der Waals surface area contributed by atoms with Crippen molar-refractivity contribution in [2.45, 2.75) is 32.4 Å². The molecule has 0 N–H and O–H groups in total. The van der Waals surface area contributed by atoms with Crippen LogP contribution >= 0.6 is 11.8 Å². The summed E-state index contributed by atoms with van der Waals surface area (Å²) >= 11 is 1.93. The Labute approximate surface area is 73.5 Å². The molecule has 0 unspecified atom stereocenters. The smallest absolute Gasteiger partial charge is 0.0814 e. The van der Waals surface area contributed by atoms with Crippen LogP contribution in [0.2, 0.25) is 0 Å². The molecule has 1 nitrogen and oxygen atoms in total. The van der Waals surface area contributed by atoms with Gasteiger partial charge in [0.25, 0.3) is 0 Å². The van der Waals surface area contributed by atoms with E-state index in [0.29, 0.717) is 6.04 Å². The number of hydrogen-bond acceptors (Lipinski definition) is 2. The third-order valence-corrected chi connectivity index (χ3v) is 2.95. The van der Waals surface area contributed by atoms with Gasteiger partial charge in [-0.3, -0.25) is 4.90 Å². The highest BCUT2D eigenvalue weighted by molar-refractivity contribution is 7.99. The van der Waals surface area contributed by atoms with E-state index < -0.39 is 0 Å². The predicted octanol–water partition coefficient (Wildman–Crippen LogP) is 1.79. The van der Waals surface area contributed by atoms with Crippen LogP contribution in [0, 0.1) is 12.3 Å². The third kappa shape index (κ3) is 1.91. The minimum atomic E-state index is 0.223. The van der Waals surface area contributed by atoms with Crippen LogP contribution in [0.4, 0.5) is 0 Å². The average Bonchev–Trinajstić information content (AvgIpc) is 2.31. The first-order valence-corrected chi connectivity index (χ1v) is 5.02. The lowest BCUT2D eigenvalue weighted by Gasteiger charge is -2.33. The molecule has 11 heavy (non-hydrogen) atoms.